The molecule has 18 nitrogen and oxygen atoms in total. The van der Waals surface area contributed by atoms with Crippen molar-refractivity contribution in [1.29, 1.82) is 0 Å². The number of ether oxygens (including phenoxy) is 2. The third-order valence-electron chi connectivity index (χ3n) is 11.9. The van der Waals surface area contributed by atoms with E-state index in [2.05, 4.69) is 30.8 Å². The van der Waals surface area contributed by atoms with Crippen LogP contribution >= 0.6 is 23.2 Å². The van der Waals surface area contributed by atoms with Crippen molar-refractivity contribution in [2.24, 2.45) is 0 Å². The van der Waals surface area contributed by atoms with Gasteiger partial charge in [0.1, 0.15) is 34.0 Å². The average molecular weight is 934 g/mol. The summed E-state index contributed by atoms with van der Waals surface area (Å²) in [5, 5.41) is 46.0. The Kier molecular flexibility index (Phi) is 13.0. The molecule has 4 N–H and O–H groups in total. The first-order chi connectivity index (χ1) is 32.1. The van der Waals surface area contributed by atoms with Crippen LogP contribution in [0.15, 0.2) is 98.1 Å². The molecule has 2 aliphatic carbocycles. The number of hydrogen-bond acceptors (Lipinski definition) is 12. The summed E-state index contributed by atoms with van der Waals surface area (Å²) in [5.74, 6) is 0.411. The van der Waals surface area contributed by atoms with Gasteiger partial charge in [-0.25, -0.2) is 19.0 Å². The Morgan fingerprint density at radius 2 is 1.08 bits per heavy atom. The van der Waals surface area contributed by atoms with Gasteiger partial charge < -0.3 is 30.3 Å². The molecule has 10 rings (SSSR count). The predicted octanol–water partition coefficient (Wildman–Crippen LogP) is 7.97. The molecular weight excluding hydrogens is 887 g/mol. The molecule has 0 radical (unpaired) electrons. The van der Waals surface area contributed by atoms with Gasteiger partial charge in [-0.3, -0.25) is 19.0 Å². The van der Waals surface area contributed by atoms with Gasteiger partial charge in [-0.2, -0.15) is 20.4 Å². The minimum absolute atomic E-state index is 0.174. The van der Waals surface area contributed by atoms with Gasteiger partial charge >= 0.3 is 0 Å². The number of rotatable bonds is 10. The fourth-order valence-corrected chi connectivity index (χ4v) is 8.93. The third-order valence-corrected chi connectivity index (χ3v) is 12.4. The number of methoxy groups -OCH3 is 2. The van der Waals surface area contributed by atoms with Crippen molar-refractivity contribution in [3.05, 3.63) is 119 Å². The van der Waals surface area contributed by atoms with Crippen molar-refractivity contribution in [3.8, 4) is 34.0 Å². The lowest BCUT2D eigenvalue weighted by Gasteiger charge is -2.27. The van der Waals surface area contributed by atoms with Gasteiger partial charge in [0.15, 0.2) is 11.3 Å². The Hall–Kier alpha value is -6.86. The Labute approximate surface area is 388 Å². The molecule has 340 valence electrons. The first-order valence-electron chi connectivity index (χ1n) is 21.5. The Morgan fingerprint density at radius 1 is 0.652 bits per heavy atom. The van der Waals surface area contributed by atoms with E-state index in [9.17, 15) is 19.8 Å². The predicted molar refractivity (Wildman–Crippen MR) is 247 cm³/mol. The zero-order valence-electron chi connectivity index (χ0n) is 36.0. The lowest BCUT2D eigenvalue weighted by molar-refractivity contribution is 0.0694. The molecule has 0 bridgehead atoms. The quantitative estimate of drug-likeness (QED) is 0.103. The van der Waals surface area contributed by atoms with E-state index >= 15 is 0 Å². The van der Waals surface area contributed by atoms with E-state index in [0.29, 0.717) is 77.9 Å². The second-order valence-corrected chi connectivity index (χ2v) is 16.9. The zero-order valence-corrected chi connectivity index (χ0v) is 37.5. The number of carbonyl (C=O) groups is 2. The van der Waals surface area contributed by atoms with E-state index in [1.807, 2.05) is 0 Å². The maximum Gasteiger partial charge on any atom is 0.261 e. The molecule has 0 spiro atoms. The van der Waals surface area contributed by atoms with Gasteiger partial charge in [-0.1, -0.05) is 48.9 Å². The number of nitrogens with zero attached hydrogens (tertiary/aromatic N) is 10. The van der Waals surface area contributed by atoms with Crippen molar-refractivity contribution in [1.82, 2.24) is 48.8 Å². The molecule has 66 heavy (non-hydrogen) atoms. The van der Waals surface area contributed by atoms with Crippen LogP contribution in [0.1, 0.15) is 84.2 Å². The average Bonchev–Trinajstić information content (AvgIpc) is 4.15. The number of hydrogen-bond donors (Lipinski definition) is 4. The monoisotopic (exact) mass is 932 g/mol. The number of fused-ring (bicyclic) bond motifs is 2. The van der Waals surface area contributed by atoms with Crippen LogP contribution in [0, 0.1) is 0 Å². The number of anilines is 2. The number of carbonyl (C=O) groups excluding carboxylic acids is 2. The molecular formula is C46H46Cl2N12O6. The minimum Gasteiger partial charge on any atom is -0.496 e. The molecule has 2 fully saturated rings. The van der Waals surface area contributed by atoms with Crippen molar-refractivity contribution < 1.29 is 29.3 Å². The Bertz CT molecular complexity index is 2840. The van der Waals surface area contributed by atoms with Gasteiger partial charge in [0.25, 0.3) is 11.8 Å². The lowest BCUT2D eigenvalue weighted by Crippen LogP contribution is -2.27. The standard InChI is InChI=1S/2C23H23ClN6O3/c2*1-33-20-8-7-14(24)11-15(20)21-17(13-30(28-21)18-5-2-3-6-19(18)31)27-23(32)16-12-26-29-10-4-9-25-22(16)29/h2*4,7-13,18-19,31H,2-3,5-6H2,1H3,(H,27,32)/t2*18-,19-/m10/s1. The second kappa shape index (κ2) is 19.3. The van der Waals surface area contributed by atoms with E-state index in [0.717, 1.165) is 51.4 Å². The summed E-state index contributed by atoms with van der Waals surface area (Å²) in [5.41, 5.74) is 4.83. The number of aliphatic hydroxyl groups excluding tert-OH is 2. The highest BCUT2D eigenvalue weighted by Crippen LogP contribution is 2.40. The number of aromatic nitrogens is 10. The molecule has 4 atom stereocenters. The number of halogens is 2. The normalized spacial score (nSPS) is 18.4. The number of aliphatic hydroxyl groups is 2. The van der Waals surface area contributed by atoms with Crippen LogP contribution in [0.5, 0.6) is 11.5 Å². The van der Waals surface area contributed by atoms with Crippen LogP contribution in [0.3, 0.4) is 0 Å². The Balaban J connectivity index is 0.000000166. The van der Waals surface area contributed by atoms with E-state index in [-0.39, 0.29) is 23.9 Å². The number of nitrogens with one attached hydrogen (secondary N) is 2. The number of amides is 2. The molecule has 2 aromatic carbocycles. The molecule has 2 aliphatic rings. The summed E-state index contributed by atoms with van der Waals surface area (Å²) < 4.78 is 17.6. The fraction of sp³-hybridized carbons (Fsp3) is 0.304. The molecule has 20 heteroatoms. The van der Waals surface area contributed by atoms with E-state index < -0.39 is 12.2 Å². The number of benzene rings is 2. The maximum atomic E-state index is 13.2. The van der Waals surface area contributed by atoms with Crippen LogP contribution in [0.2, 0.25) is 10.0 Å². The summed E-state index contributed by atoms with van der Waals surface area (Å²) in [7, 11) is 3.13. The summed E-state index contributed by atoms with van der Waals surface area (Å²) >= 11 is 12.5. The molecule has 6 aromatic heterocycles. The maximum absolute atomic E-state index is 13.2. The van der Waals surface area contributed by atoms with Crippen molar-refractivity contribution in [3.63, 3.8) is 0 Å². The summed E-state index contributed by atoms with van der Waals surface area (Å²) in [6.45, 7) is 0. The third kappa shape index (κ3) is 9.04. The molecule has 2 saturated carbocycles. The molecule has 0 saturated heterocycles. The SMILES string of the molecule is COc1ccc(Cl)cc1-c1nn([C@@H]2CCCC[C@H]2O)cc1NC(=O)c1cnn2cccnc12.COc1ccc(Cl)cc1-c1nn([C@H]2CCCC[C@@H]2O)cc1NC(=O)c1cnn2cccnc12. The van der Waals surface area contributed by atoms with Gasteiger partial charge in [0.2, 0.25) is 0 Å². The topological polar surface area (TPSA) is 213 Å². The minimum atomic E-state index is -0.500. The van der Waals surface area contributed by atoms with Gasteiger partial charge in [-0.15, -0.1) is 0 Å². The van der Waals surface area contributed by atoms with Gasteiger partial charge in [0.05, 0.1) is 62.3 Å². The summed E-state index contributed by atoms with van der Waals surface area (Å²) in [6.07, 6.45) is 19.2. The highest BCUT2D eigenvalue weighted by atomic mass is 35.5. The summed E-state index contributed by atoms with van der Waals surface area (Å²) in [6, 6.07) is 13.6. The molecule has 0 unspecified atom stereocenters. The largest absolute Gasteiger partial charge is 0.496 e. The smallest absolute Gasteiger partial charge is 0.261 e. The van der Waals surface area contributed by atoms with Crippen LogP contribution < -0.4 is 20.1 Å². The van der Waals surface area contributed by atoms with Crippen molar-refractivity contribution >= 4 is 57.7 Å². The molecule has 8 aromatic rings. The fourth-order valence-electron chi connectivity index (χ4n) is 8.59. The van der Waals surface area contributed by atoms with Crippen LogP contribution in [0.25, 0.3) is 33.8 Å². The van der Waals surface area contributed by atoms with Crippen LogP contribution in [-0.2, 0) is 0 Å². The molecule has 2 amide bonds. The van der Waals surface area contributed by atoms with Crippen molar-refractivity contribution in [2.45, 2.75) is 75.7 Å². The van der Waals surface area contributed by atoms with E-state index in [1.54, 1.807) is 109 Å². The lowest BCUT2D eigenvalue weighted by atomic mass is 9.93. The van der Waals surface area contributed by atoms with Crippen molar-refractivity contribution in [2.75, 3.05) is 24.9 Å². The first-order valence-corrected chi connectivity index (χ1v) is 22.3. The molecule has 6 heterocycles. The zero-order chi connectivity index (χ0) is 45.9. The van der Waals surface area contributed by atoms with Gasteiger partial charge in [-0.05, 0) is 74.2 Å². The highest BCUT2D eigenvalue weighted by molar-refractivity contribution is 6.31. The summed E-state index contributed by atoms with van der Waals surface area (Å²) in [4.78, 5) is 34.9. The van der Waals surface area contributed by atoms with Crippen LogP contribution in [0.4, 0.5) is 11.4 Å². The highest BCUT2D eigenvalue weighted by Gasteiger charge is 2.30. The van der Waals surface area contributed by atoms with Gasteiger partial charge in [0, 0.05) is 58.4 Å². The van der Waals surface area contributed by atoms with E-state index in [1.165, 1.54) is 21.4 Å². The molecule has 0 aliphatic heterocycles. The van der Waals surface area contributed by atoms with Crippen LogP contribution in [-0.4, -0.2) is 97.2 Å². The Morgan fingerprint density at radius 3 is 1.48 bits per heavy atom. The first kappa shape index (κ1) is 44.3. The second-order valence-electron chi connectivity index (χ2n) is 16.1. The van der Waals surface area contributed by atoms with E-state index in [4.69, 9.17) is 42.9 Å².